The molecule has 0 saturated carbocycles. The van der Waals surface area contributed by atoms with E-state index in [4.69, 9.17) is 4.98 Å². The third-order valence-corrected chi connectivity index (χ3v) is 5.63. The molecule has 1 saturated heterocycles. The Kier molecular flexibility index (Phi) is 2.71. The molecule has 2 heterocycles. The lowest BCUT2D eigenvalue weighted by Gasteiger charge is -2.13. The smallest absolute Gasteiger partial charge is 0.0979 e. The highest BCUT2D eigenvalue weighted by molar-refractivity contribution is 7.12. The molecule has 1 aromatic heterocycles. The zero-order valence-corrected chi connectivity index (χ0v) is 12.0. The second-order valence-corrected chi connectivity index (χ2v) is 6.84. The Morgan fingerprint density at radius 3 is 3.00 bits per heavy atom. The topological polar surface area (TPSA) is 16.1 Å². The lowest BCUT2D eigenvalue weighted by Crippen LogP contribution is -2.13. The van der Waals surface area contributed by atoms with Gasteiger partial charge < -0.3 is 4.90 Å². The predicted molar refractivity (Wildman–Crippen MR) is 79.8 cm³/mol. The number of hydrogen-bond donors (Lipinski definition) is 0. The van der Waals surface area contributed by atoms with Crippen LogP contribution in [-0.2, 0) is 12.8 Å². The van der Waals surface area contributed by atoms with Crippen molar-refractivity contribution in [2.45, 2.75) is 25.2 Å². The third-order valence-electron chi connectivity index (χ3n) is 4.35. The summed E-state index contributed by atoms with van der Waals surface area (Å²) in [5.41, 5.74) is 4.12. The van der Waals surface area contributed by atoms with Gasteiger partial charge in [-0.1, -0.05) is 24.3 Å². The van der Waals surface area contributed by atoms with Gasteiger partial charge in [0.25, 0.3) is 0 Å². The molecule has 1 aliphatic carbocycles. The second kappa shape index (κ2) is 4.43. The maximum atomic E-state index is 5.00. The van der Waals surface area contributed by atoms with Crippen LogP contribution in [0.15, 0.2) is 24.3 Å². The van der Waals surface area contributed by atoms with Crippen LogP contribution in [-0.4, -0.2) is 30.0 Å². The van der Waals surface area contributed by atoms with E-state index in [9.17, 15) is 0 Å². The van der Waals surface area contributed by atoms with Gasteiger partial charge in [0.1, 0.15) is 0 Å². The first-order valence-corrected chi connectivity index (χ1v) is 7.89. The fourth-order valence-electron chi connectivity index (χ4n) is 3.28. The van der Waals surface area contributed by atoms with Gasteiger partial charge in [0.15, 0.2) is 0 Å². The highest BCUT2D eigenvalue weighted by Crippen LogP contribution is 2.39. The van der Waals surface area contributed by atoms with Gasteiger partial charge in [-0.25, -0.2) is 4.98 Å². The fraction of sp³-hybridized carbons (Fsp3) is 0.438. The van der Waals surface area contributed by atoms with Crippen molar-refractivity contribution in [3.05, 3.63) is 39.7 Å². The van der Waals surface area contributed by atoms with E-state index in [1.807, 2.05) is 11.3 Å². The minimum absolute atomic E-state index is 0.660. The maximum absolute atomic E-state index is 5.00. The fourth-order valence-corrected chi connectivity index (χ4v) is 4.48. The molecule has 0 radical (unpaired) electrons. The molecule has 2 nitrogen and oxygen atoms in total. The van der Waals surface area contributed by atoms with E-state index in [1.165, 1.54) is 59.1 Å². The molecule has 1 fully saturated rings. The summed E-state index contributed by atoms with van der Waals surface area (Å²) in [6.07, 6.45) is 3.62. The minimum atomic E-state index is 0.660. The number of hydrogen-bond acceptors (Lipinski definition) is 3. The number of likely N-dealkylation sites (tertiary alicyclic amines) is 1. The summed E-state index contributed by atoms with van der Waals surface area (Å²) < 4.78 is 0. The van der Waals surface area contributed by atoms with Crippen molar-refractivity contribution in [3.8, 4) is 11.3 Å². The first-order valence-electron chi connectivity index (χ1n) is 7.07. The summed E-state index contributed by atoms with van der Waals surface area (Å²) in [6, 6.07) is 8.76. The highest BCUT2D eigenvalue weighted by Gasteiger charge is 2.27. The van der Waals surface area contributed by atoms with Crippen LogP contribution in [0.2, 0.25) is 0 Å². The lowest BCUT2D eigenvalue weighted by atomic mass is 9.94. The monoisotopic (exact) mass is 270 g/mol. The molecule has 1 aliphatic heterocycles. The quantitative estimate of drug-likeness (QED) is 0.790. The third kappa shape index (κ3) is 1.92. The van der Waals surface area contributed by atoms with Crippen molar-refractivity contribution in [2.75, 3.05) is 20.1 Å². The Morgan fingerprint density at radius 1 is 1.26 bits per heavy atom. The Balaban J connectivity index is 1.75. The Hall–Kier alpha value is -1.19. The highest BCUT2D eigenvalue weighted by atomic mass is 32.1. The molecule has 0 spiro atoms. The van der Waals surface area contributed by atoms with E-state index < -0.39 is 0 Å². The second-order valence-electron chi connectivity index (χ2n) is 5.73. The minimum Gasteiger partial charge on any atom is -0.306 e. The van der Waals surface area contributed by atoms with Gasteiger partial charge in [-0.15, -0.1) is 11.3 Å². The summed E-state index contributed by atoms with van der Waals surface area (Å²) in [6.45, 7) is 2.39. The van der Waals surface area contributed by atoms with Crippen LogP contribution in [0, 0.1) is 0 Å². The largest absolute Gasteiger partial charge is 0.306 e. The number of rotatable bonds is 1. The molecule has 0 amide bonds. The molecule has 0 N–H and O–H groups in total. The van der Waals surface area contributed by atoms with Gasteiger partial charge in [0.05, 0.1) is 10.7 Å². The molecule has 2 aromatic rings. The van der Waals surface area contributed by atoms with Crippen molar-refractivity contribution in [2.24, 2.45) is 0 Å². The van der Waals surface area contributed by atoms with Gasteiger partial charge in [-0.3, -0.25) is 0 Å². The number of fused-ring (bicyclic) bond motifs is 3. The maximum Gasteiger partial charge on any atom is 0.0979 e. The van der Waals surface area contributed by atoms with Crippen LogP contribution in [0.4, 0.5) is 0 Å². The van der Waals surface area contributed by atoms with Crippen molar-refractivity contribution in [1.29, 1.82) is 0 Å². The molecule has 1 atom stereocenters. The van der Waals surface area contributed by atoms with E-state index in [2.05, 4.69) is 36.2 Å². The Bertz CT molecular complexity index is 617. The predicted octanol–water partition coefficient (Wildman–Crippen LogP) is 3.33. The SMILES string of the molecule is CN1CCC(c2nc3c(s2)CCc2ccccc2-3)C1. The van der Waals surface area contributed by atoms with Gasteiger partial charge in [-0.05, 0) is 38.4 Å². The summed E-state index contributed by atoms with van der Waals surface area (Å²) >= 11 is 1.96. The molecule has 1 unspecified atom stereocenters. The molecule has 1 aromatic carbocycles. The van der Waals surface area contributed by atoms with Gasteiger partial charge in [0.2, 0.25) is 0 Å². The number of likely N-dealkylation sites (N-methyl/N-ethyl adjacent to an activating group) is 1. The van der Waals surface area contributed by atoms with E-state index in [-0.39, 0.29) is 0 Å². The standard InChI is InChI=1S/C16H18N2S/c1-18-9-8-12(10-18)16-17-15-13-5-3-2-4-11(13)6-7-14(15)19-16/h2-5,12H,6-10H2,1H3. The summed E-state index contributed by atoms with van der Waals surface area (Å²) in [5, 5.41) is 1.37. The van der Waals surface area contributed by atoms with Gasteiger partial charge in [-0.2, -0.15) is 0 Å². The van der Waals surface area contributed by atoms with Crippen LogP contribution in [0.25, 0.3) is 11.3 Å². The van der Waals surface area contributed by atoms with Crippen LogP contribution < -0.4 is 0 Å². The number of benzene rings is 1. The van der Waals surface area contributed by atoms with Crippen LogP contribution in [0.1, 0.15) is 27.8 Å². The van der Waals surface area contributed by atoms with E-state index in [1.54, 1.807) is 0 Å². The average molecular weight is 270 g/mol. The molecule has 19 heavy (non-hydrogen) atoms. The Labute approximate surface area is 118 Å². The first-order chi connectivity index (χ1) is 9.31. The summed E-state index contributed by atoms with van der Waals surface area (Å²) in [4.78, 5) is 8.92. The van der Waals surface area contributed by atoms with E-state index in [0.29, 0.717) is 5.92 Å². The summed E-state index contributed by atoms with van der Waals surface area (Å²) in [5.74, 6) is 0.660. The molecule has 3 heteroatoms. The Morgan fingerprint density at radius 2 is 2.16 bits per heavy atom. The van der Waals surface area contributed by atoms with E-state index in [0.717, 1.165) is 0 Å². The zero-order chi connectivity index (χ0) is 12.8. The average Bonchev–Trinajstić information content (AvgIpc) is 3.04. The van der Waals surface area contributed by atoms with Crippen molar-refractivity contribution in [3.63, 3.8) is 0 Å². The molecule has 98 valence electrons. The zero-order valence-electron chi connectivity index (χ0n) is 11.2. The van der Waals surface area contributed by atoms with E-state index >= 15 is 0 Å². The van der Waals surface area contributed by atoms with Gasteiger partial charge >= 0.3 is 0 Å². The number of thiazole rings is 1. The molecular formula is C16H18N2S. The van der Waals surface area contributed by atoms with Crippen LogP contribution in [0.3, 0.4) is 0 Å². The van der Waals surface area contributed by atoms with Crippen LogP contribution in [0.5, 0.6) is 0 Å². The number of nitrogens with zero attached hydrogens (tertiary/aromatic N) is 2. The number of aryl methyl sites for hydroxylation is 2. The normalized spacial score (nSPS) is 22.3. The first kappa shape index (κ1) is 11.6. The number of aromatic nitrogens is 1. The van der Waals surface area contributed by atoms with Crippen LogP contribution >= 0.6 is 11.3 Å². The lowest BCUT2D eigenvalue weighted by molar-refractivity contribution is 0.411. The van der Waals surface area contributed by atoms with Crippen molar-refractivity contribution < 1.29 is 0 Å². The molecular weight excluding hydrogens is 252 g/mol. The molecule has 0 bridgehead atoms. The van der Waals surface area contributed by atoms with Gasteiger partial charge in [0, 0.05) is 22.9 Å². The molecule has 2 aliphatic rings. The summed E-state index contributed by atoms with van der Waals surface area (Å²) in [7, 11) is 2.21. The van der Waals surface area contributed by atoms with Crippen molar-refractivity contribution in [1.82, 2.24) is 9.88 Å². The molecule has 4 rings (SSSR count). The van der Waals surface area contributed by atoms with Crippen molar-refractivity contribution >= 4 is 11.3 Å².